The van der Waals surface area contributed by atoms with Crippen LogP contribution in [0, 0.1) is 0 Å². The lowest BCUT2D eigenvalue weighted by Crippen LogP contribution is -2.10. The Labute approximate surface area is 172 Å². The van der Waals surface area contributed by atoms with Gasteiger partial charge in [-0.1, -0.05) is 11.6 Å². The van der Waals surface area contributed by atoms with Gasteiger partial charge in [-0.2, -0.15) is 0 Å². The molecule has 2 aromatic heterocycles. The molecule has 0 aliphatic heterocycles. The van der Waals surface area contributed by atoms with Crippen molar-refractivity contribution in [3.8, 4) is 17.2 Å². The van der Waals surface area contributed by atoms with E-state index in [1.807, 2.05) is 0 Å². The van der Waals surface area contributed by atoms with E-state index in [9.17, 15) is 9.90 Å². The highest BCUT2D eigenvalue weighted by molar-refractivity contribution is 6.30. The number of carboxylic acid groups (broad SMARTS) is 1. The van der Waals surface area contributed by atoms with Gasteiger partial charge < -0.3 is 24.3 Å². The van der Waals surface area contributed by atoms with Crippen LogP contribution in [0.4, 0.5) is 0 Å². The van der Waals surface area contributed by atoms with E-state index in [0.29, 0.717) is 33.5 Å². The molecule has 2 N–H and O–H groups in total. The third-order valence-electron chi connectivity index (χ3n) is 4.30. The molecule has 0 spiro atoms. The Morgan fingerprint density at radius 3 is 2.72 bits per heavy atom. The number of nitrogens with zero attached hydrogens (tertiary/aromatic N) is 2. The first-order valence-corrected chi connectivity index (χ1v) is 8.97. The largest absolute Gasteiger partial charge is 0.493 e. The van der Waals surface area contributed by atoms with Crippen molar-refractivity contribution < 1.29 is 24.5 Å². The Bertz CT molecular complexity index is 1060. The predicted molar refractivity (Wildman–Crippen MR) is 109 cm³/mol. The number of pyridine rings is 1. The molecule has 0 aliphatic rings. The molecule has 3 aromatic rings. The van der Waals surface area contributed by atoms with E-state index in [-0.39, 0.29) is 5.69 Å². The summed E-state index contributed by atoms with van der Waals surface area (Å²) in [6, 6.07) is 10.2. The van der Waals surface area contributed by atoms with Crippen molar-refractivity contribution in [1.29, 1.82) is 0 Å². The van der Waals surface area contributed by atoms with Gasteiger partial charge in [-0.05, 0) is 36.4 Å². The van der Waals surface area contributed by atoms with Gasteiger partial charge in [0.25, 0.3) is 0 Å². The van der Waals surface area contributed by atoms with Crippen molar-refractivity contribution in [3.63, 3.8) is 0 Å². The minimum Gasteiger partial charge on any atom is -0.493 e. The summed E-state index contributed by atoms with van der Waals surface area (Å²) in [5.74, 6) is -0.308. The Balaban J connectivity index is 2.15. The van der Waals surface area contributed by atoms with E-state index in [4.69, 9.17) is 26.2 Å². The number of methoxy groups -OCH3 is 2. The first-order chi connectivity index (χ1) is 14.0. The smallest absolute Gasteiger partial charge is 0.328 e. The molecule has 0 amide bonds. The first-order valence-electron chi connectivity index (χ1n) is 8.59. The number of hydrogen-bond acceptors (Lipinski definition) is 5. The van der Waals surface area contributed by atoms with E-state index in [0.717, 1.165) is 6.08 Å². The van der Waals surface area contributed by atoms with Gasteiger partial charge in [0.2, 0.25) is 0 Å². The quantitative estimate of drug-likeness (QED) is 0.572. The van der Waals surface area contributed by atoms with Crippen molar-refractivity contribution in [2.24, 2.45) is 0 Å². The molecular weight excluding hydrogens is 396 g/mol. The molecule has 1 atom stereocenters. The van der Waals surface area contributed by atoms with Gasteiger partial charge >= 0.3 is 5.97 Å². The lowest BCUT2D eigenvalue weighted by Gasteiger charge is -2.20. The molecule has 0 saturated carbocycles. The summed E-state index contributed by atoms with van der Waals surface area (Å²) in [5.41, 5.74) is 1.97. The number of benzene rings is 1. The highest BCUT2D eigenvalue weighted by Gasteiger charge is 2.24. The molecular formula is C21H19ClN2O5. The molecule has 0 saturated heterocycles. The number of aliphatic carboxylic acids is 1. The maximum absolute atomic E-state index is 11.2. The summed E-state index contributed by atoms with van der Waals surface area (Å²) in [6.07, 6.45) is 4.62. The second kappa shape index (κ2) is 8.81. The van der Waals surface area contributed by atoms with Crippen LogP contribution >= 0.6 is 11.6 Å². The molecule has 8 heteroatoms. The Kier molecular flexibility index (Phi) is 6.21. The third-order valence-corrected chi connectivity index (χ3v) is 4.53. The van der Waals surface area contributed by atoms with E-state index < -0.39 is 12.1 Å². The first kappa shape index (κ1) is 20.4. The Morgan fingerprint density at radius 1 is 1.24 bits per heavy atom. The maximum Gasteiger partial charge on any atom is 0.328 e. The molecule has 0 aliphatic carbocycles. The van der Waals surface area contributed by atoms with E-state index >= 15 is 0 Å². The molecule has 1 aromatic carbocycles. The molecule has 2 heterocycles. The van der Waals surface area contributed by atoms with Crippen LogP contribution in [-0.4, -0.2) is 40.0 Å². The molecule has 150 valence electrons. The number of ether oxygens (including phenoxy) is 2. The van der Waals surface area contributed by atoms with Gasteiger partial charge in [-0.15, -0.1) is 0 Å². The van der Waals surface area contributed by atoms with Gasteiger partial charge in [-0.25, -0.2) is 4.79 Å². The fourth-order valence-corrected chi connectivity index (χ4v) is 3.20. The number of rotatable bonds is 7. The SMILES string of the molecule is COc1ccnc(C(O)c2cc(Cl)ccc2-n2cccc2C=CC(=O)O)c1OC. The zero-order valence-electron chi connectivity index (χ0n) is 15.7. The fourth-order valence-electron chi connectivity index (χ4n) is 3.02. The molecule has 3 rings (SSSR count). The van der Waals surface area contributed by atoms with Crippen LogP contribution in [0.25, 0.3) is 11.8 Å². The van der Waals surface area contributed by atoms with Gasteiger partial charge in [0, 0.05) is 40.8 Å². The number of carboxylic acids is 1. The standard InChI is InChI=1S/C21H19ClN2O5/c1-28-17-9-10-23-19(21(17)29-2)20(27)15-12-13(22)5-7-16(15)24-11-3-4-14(24)6-8-18(25)26/h3-12,20,27H,1-2H3,(H,25,26). The summed E-state index contributed by atoms with van der Waals surface area (Å²) in [7, 11) is 2.97. The Morgan fingerprint density at radius 2 is 2.03 bits per heavy atom. The predicted octanol–water partition coefficient (Wildman–Crippen LogP) is 3.72. The third kappa shape index (κ3) is 4.26. The molecule has 7 nitrogen and oxygen atoms in total. The lowest BCUT2D eigenvalue weighted by molar-refractivity contribution is -0.131. The highest BCUT2D eigenvalue weighted by Crippen LogP contribution is 2.38. The van der Waals surface area contributed by atoms with Crippen molar-refractivity contribution in [3.05, 3.63) is 76.8 Å². The number of aliphatic hydroxyl groups excluding tert-OH is 1. The molecule has 0 bridgehead atoms. The van der Waals surface area contributed by atoms with Crippen LogP contribution in [0.1, 0.15) is 23.1 Å². The van der Waals surface area contributed by atoms with Crippen LogP contribution < -0.4 is 9.47 Å². The Hall–Kier alpha value is -3.29. The molecule has 29 heavy (non-hydrogen) atoms. The van der Waals surface area contributed by atoms with E-state index in [1.165, 1.54) is 26.5 Å². The number of hydrogen-bond donors (Lipinski definition) is 2. The zero-order valence-corrected chi connectivity index (χ0v) is 16.5. The number of carbonyl (C=O) groups is 1. The van der Waals surface area contributed by atoms with Crippen LogP contribution in [0.3, 0.4) is 0 Å². The zero-order chi connectivity index (χ0) is 21.0. The number of aromatic nitrogens is 2. The van der Waals surface area contributed by atoms with Crippen molar-refractivity contribution in [2.45, 2.75) is 6.10 Å². The summed E-state index contributed by atoms with van der Waals surface area (Å²) in [5, 5.41) is 20.5. The van der Waals surface area contributed by atoms with Gasteiger partial charge in [0.15, 0.2) is 11.5 Å². The van der Waals surface area contributed by atoms with Crippen LogP contribution in [0.5, 0.6) is 11.5 Å². The van der Waals surface area contributed by atoms with Gasteiger partial charge in [0.05, 0.1) is 19.9 Å². The van der Waals surface area contributed by atoms with Gasteiger partial charge in [-0.3, -0.25) is 4.98 Å². The molecule has 0 radical (unpaired) electrons. The van der Waals surface area contributed by atoms with Crippen LogP contribution in [0.2, 0.25) is 5.02 Å². The van der Waals surface area contributed by atoms with Crippen molar-refractivity contribution >= 4 is 23.6 Å². The van der Waals surface area contributed by atoms with E-state index in [2.05, 4.69) is 4.98 Å². The van der Waals surface area contributed by atoms with E-state index in [1.54, 1.807) is 47.2 Å². The topological polar surface area (TPSA) is 93.8 Å². The number of aliphatic hydroxyl groups is 1. The normalized spacial score (nSPS) is 12.1. The second-order valence-corrected chi connectivity index (χ2v) is 6.45. The maximum atomic E-state index is 11.2. The fraction of sp³-hybridized carbons (Fsp3) is 0.143. The average Bonchev–Trinajstić information content (AvgIpc) is 3.19. The average molecular weight is 415 g/mol. The molecule has 1 unspecified atom stereocenters. The van der Waals surface area contributed by atoms with Crippen molar-refractivity contribution in [1.82, 2.24) is 9.55 Å². The highest BCUT2D eigenvalue weighted by atomic mass is 35.5. The second-order valence-electron chi connectivity index (χ2n) is 6.01. The molecule has 0 fully saturated rings. The number of halogens is 1. The lowest BCUT2D eigenvalue weighted by atomic mass is 10.0. The minimum atomic E-state index is -1.17. The van der Waals surface area contributed by atoms with Crippen LogP contribution in [0.15, 0.2) is 54.9 Å². The summed E-state index contributed by atoms with van der Waals surface area (Å²) in [6.45, 7) is 0. The van der Waals surface area contributed by atoms with Crippen molar-refractivity contribution in [2.75, 3.05) is 14.2 Å². The van der Waals surface area contributed by atoms with Crippen LogP contribution in [-0.2, 0) is 4.79 Å². The van der Waals surface area contributed by atoms with Gasteiger partial charge in [0.1, 0.15) is 11.8 Å². The summed E-state index contributed by atoms with van der Waals surface area (Å²) in [4.78, 5) is 15.2. The monoisotopic (exact) mass is 414 g/mol. The minimum absolute atomic E-state index is 0.269. The summed E-state index contributed by atoms with van der Waals surface area (Å²) >= 11 is 6.20. The summed E-state index contributed by atoms with van der Waals surface area (Å²) < 4.78 is 12.4.